The smallest absolute Gasteiger partial charge is 0.255 e. The van der Waals surface area contributed by atoms with Crippen LogP contribution in [0.15, 0.2) is 48.9 Å². The Balaban J connectivity index is 1.43. The number of carbonyl (C=O) groups excluding carboxylic acids is 1. The normalized spacial score (nSPS) is 18.5. The van der Waals surface area contributed by atoms with Crippen LogP contribution in [0.25, 0.3) is 11.1 Å². The first-order chi connectivity index (χ1) is 14.5. The van der Waals surface area contributed by atoms with Gasteiger partial charge in [0.1, 0.15) is 5.82 Å². The van der Waals surface area contributed by atoms with Crippen molar-refractivity contribution in [2.24, 2.45) is 7.05 Å². The first kappa shape index (κ1) is 20.4. The maximum atomic E-state index is 12.9. The van der Waals surface area contributed by atoms with Crippen LogP contribution in [0.5, 0.6) is 0 Å². The van der Waals surface area contributed by atoms with Crippen molar-refractivity contribution in [1.29, 1.82) is 0 Å². The van der Waals surface area contributed by atoms with E-state index < -0.39 is 0 Å². The minimum absolute atomic E-state index is 0.0414. The number of nitrogen functional groups attached to an aromatic ring is 1. The molecule has 0 saturated heterocycles. The summed E-state index contributed by atoms with van der Waals surface area (Å²) in [6, 6.07) is 9.28. The van der Waals surface area contributed by atoms with Crippen molar-refractivity contribution < 1.29 is 9.53 Å². The Morgan fingerprint density at radius 3 is 2.80 bits per heavy atom. The lowest BCUT2D eigenvalue weighted by molar-refractivity contribution is 0.0272. The van der Waals surface area contributed by atoms with E-state index in [1.54, 1.807) is 23.1 Å². The highest BCUT2D eigenvalue weighted by molar-refractivity contribution is 6.30. The predicted molar refractivity (Wildman–Crippen MR) is 116 cm³/mol. The Bertz CT molecular complexity index is 1030. The molecule has 1 amide bonds. The number of pyridine rings is 1. The lowest BCUT2D eigenvalue weighted by atomic mass is 10.1. The highest BCUT2D eigenvalue weighted by atomic mass is 35.5. The van der Waals surface area contributed by atoms with Gasteiger partial charge in [-0.2, -0.15) is 5.10 Å². The first-order valence-corrected chi connectivity index (χ1v) is 10.3. The number of aromatic nitrogens is 3. The third kappa shape index (κ3) is 4.63. The summed E-state index contributed by atoms with van der Waals surface area (Å²) in [6.45, 7) is 0.481. The van der Waals surface area contributed by atoms with E-state index in [2.05, 4.69) is 15.4 Å². The molecule has 0 spiro atoms. The molecule has 4 rings (SSSR count). The summed E-state index contributed by atoms with van der Waals surface area (Å²) < 4.78 is 7.79. The van der Waals surface area contributed by atoms with E-state index in [0.29, 0.717) is 17.2 Å². The van der Waals surface area contributed by atoms with Crippen molar-refractivity contribution in [2.75, 3.05) is 5.73 Å². The van der Waals surface area contributed by atoms with Crippen molar-refractivity contribution in [1.82, 2.24) is 20.1 Å². The maximum Gasteiger partial charge on any atom is 0.255 e. The van der Waals surface area contributed by atoms with Gasteiger partial charge in [0, 0.05) is 35.6 Å². The summed E-state index contributed by atoms with van der Waals surface area (Å²) in [6.07, 6.45) is 7.98. The van der Waals surface area contributed by atoms with Crippen LogP contribution in [0.1, 0.15) is 35.2 Å². The number of nitrogens with zero attached hydrogens (tertiary/aromatic N) is 3. The molecule has 1 aliphatic rings. The van der Waals surface area contributed by atoms with E-state index in [-0.39, 0.29) is 23.9 Å². The fourth-order valence-corrected chi connectivity index (χ4v) is 3.83. The molecule has 3 N–H and O–H groups in total. The third-order valence-corrected chi connectivity index (χ3v) is 5.60. The molecule has 8 heteroatoms. The molecule has 0 unspecified atom stereocenters. The molecule has 3 aromatic rings. The van der Waals surface area contributed by atoms with Gasteiger partial charge >= 0.3 is 0 Å². The molecular formula is C22H24ClN5O2. The van der Waals surface area contributed by atoms with Gasteiger partial charge in [0.15, 0.2) is 0 Å². The van der Waals surface area contributed by atoms with Crippen LogP contribution in [-0.4, -0.2) is 32.8 Å². The number of nitrogens with one attached hydrogen (secondary N) is 1. The van der Waals surface area contributed by atoms with Crippen LogP contribution in [0.3, 0.4) is 0 Å². The van der Waals surface area contributed by atoms with Crippen LogP contribution in [0.2, 0.25) is 5.02 Å². The number of nitrogens with two attached hydrogens (primary N) is 1. The van der Waals surface area contributed by atoms with Crippen LogP contribution in [0.4, 0.5) is 5.82 Å². The molecule has 0 radical (unpaired) electrons. The van der Waals surface area contributed by atoms with Crippen LogP contribution in [-0.2, 0) is 18.4 Å². The Kier molecular flexibility index (Phi) is 6.01. The standard InChI is InChI=1S/C22H24ClN5O2/c1-28-12-16(11-26-28)15-9-18(21(24)25-10-15)22(29)27-19-3-2-4-20(19)30-13-14-5-7-17(23)8-6-14/h5-12,19-20H,2-4,13H2,1H3,(H2,24,25)(H,27,29)/t19-,20-/m1/s1. The zero-order chi connectivity index (χ0) is 21.1. The van der Waals surface area contributed by atoms with E-state index in [0.717, 1.165) is 36.0 Å². The average Bonchev–Trinajstić information content (AvgIpc) is 3.36. The van der Waals surface area contributed by atoms with Crippen molar-refractivity contribution >= 4 is 23.3 Å². The number of amides is 1. The number of anilines is 1. The van der Waals surface area contributed by atoms with E-state index in [4.69, 9.17) is 22.1 Å². The summed E-state index contributed by atoms with van der Waals surface area (Å²) in [7, 11) is 1.84. The summed E-state index contributed by atoms with van der Waals surface area (Å²) >= 11 is 5.93. The molecule has 1 aliphatic carbocycles. The summed E-state index contributed by atoms with van der Waals surface area (Å²) in [5.74, 6) is -0.0329. The number of rotatable bonds is 6. The van der Waals surface area contributed by atoms with Gasteiger partial charge in [-0.1, -0.05) is 23.7 Å². The second kappa shape index (κ2) is 8.85. The molecule has 1 saturated carbocycles. The molecule has 1 fully saturated rings. The fraction of sp³-hybridized carbons (Fsp3) is 0.318. The summed E-state index contributed by atoms with van der Waals surface area (Å²) in [5.41, 5.74) is 9.08. The van der Waals surface area contributed by atoms with Gasteiger partial charge in [-0.05, 0) is 43.0 Å². The SMILES string of the molecule is Cn1cc(-c2cnc(N)c(C(=O)N[C@@H]3CCC[C@H]3OCc3ccc(Cl)cc3)c2)cn1. The van der Waals surface area contributed by atoms with Crippen molar-refractivity contribution in [3.8, 4) is 11.1 Å². The number of ether oxygens (including phenoxy) is 1. The Morgan fingerprint density at radius 2 is 2.07 bits per heavy atom. The zero-order valence-electron chi connectivity index (χ0n) is 16.7. The van der Waals surface area contributed by atoms with Crippen LogP contribution in [0, 0.1) is 0 Å². The van der Waals surface area contributed by atoms with E-state index in [9.17, 15) is 4.79 Å². The largest absolute Gasteiger partial charge is 0.383 e. The Morgan fingerprint density at radius 1 is 1.27 bits per heavy atom. The van der Waals surface area contributed by atoms with Gasteiger partial charge in [-0.15, -0.1) is 0 Å². The zero-order valence-corrected chi connectivity index (χ0v) is 17.5. The Hall–Kier alpha value is -2.90. The molecule has 2 aromatic heterocycles. The molecule has 1 aromatic carbocycles. The number of halogens is 1. The quantitative estimate of drug-likeness (QED) is 0.629. The van der Waals surface area contributed by atoms with Gasteiger partial charge in [0.2, 0.25) is 0 Å². The van der Waals surface area contributed by atoms with Gasteiger partial charge in [0.05, 0.1) is 30.5 Å². The minimum Gasteiger partial charge on any atom is -0.383 e. The monoisotopic (exact) mass is 425 g/mol. The van der Waals surface area contributed by atoms with E-state index in [1.165, 1.54) is 0 Å². The molecule has 156 valence electrons. The van der Waals surface area contributed by atoms with Gasteiger partial charge in [0.25, 0.3) is 5.91 Å². The summed E-state index contributed by atoms with van der Waals surface area (Å²) in [4.78, 5) is 17.1. The minimum atomic E-state index is -0.238. The topological polar surface area (TPSA) is 95.1 Å². The number of aryl methyl sites for hydroxylation is 1. The van der Waals surface area contributed by atoms with Crippen molar-refractivity contribution in [3.05, 3.63) is 65.1 Å². The van der Waals surface area contributed by atoms with Gasteiger partial charge < -0.3 is 15.8 Å². The van der Waals surface area contributed by atoms with Crippen molar-refractivity contribution in [2.45, 2.75) is 38.0 Å². The molecule has 0 aliphatic heterocycles. The van der Waals surface area contributed by atoms with Crippen LogP contribution >= 0.6 is 11.6 Å². The second-order valence-electron chi connectivity index (χ2n) is 7.55. The molecule has 7 nitrogen and oxygen atoms in total. The first-order valence-electron chi connectivity index (χ1n) is 9.91. The highest BCUT2D eigenvalue weighted by Gasteiger charge is 2.30. The lowest BCUT2D eigenvalue weighted by Crippen LogP contribution is -2.41. The highest BCUT2D eigenvalue weighted by Crippen LogP contribution is 2.26. The summed E-state index contributed by atoms with van der Waals surface area (Å²) in [5, 5.41) is 7.95. The fourth-order valence-electron chi connectivity index (χ4n) is 3.71. The molecular weight excluding hydrogens is 402 g/mol. The predicted octanol–water partition coefficient (Wildman–Crippen LogP) is 3.59. The van der Waals surface area contributed by atoms with E-state index >= 15 is 0 Å². The molecule has 2 heterocycles. The molecule has 30 heavy (non-hydrogen) atoms. The Labute approximate surface area is 180 Å². The molecule has 0 bridgehead atoms. The number of hydrogen-bond donors (Lipinski definition) is 2. The molecule has 2 atom stereocenters. The number of carbonyl (C=O) groups is 1. The van der Waals surface area contributed by atoms with Crippen molar-refractivity contribution in [3.63, 3.8) is 0 Å². The third-order valence-electron chi connectivity index (χ3n) is 5.35. The van der Waals surface area contributed by atoms with Crippen LogP contribution < -0.4 is 11.1 Å². The van der Waals surface area contributed by atoms with E-state index in [1.807, 2.05) is 37.5 Å². The number of hydrogen-bond acceptors (Lipinski definition) is 5. The lowest BCUT2D eigenvalue weighted by Gasteiger charge is -2.22. The number of benzene rings is 1. The maximum absolute atomic E-state index is 12.9. The van der Waals surface area contributed by atoms with Gasteiger partial charge in [-0.3, -0.25) is 9.48 Å². The second-order valence-corrected chi connectivity index (χ2v) is 7.98. The average molecular weight is 426 g/mol. The van der Waals surface area contributed by atoms with Gasteiger partial charge in [-0.25, -0.2) is 4.98 Å².